The molecule has 0 radical (unpaired) electrons. The molecule has 1 aromatic carbocycles. The first-order valence-corrected chi connectivity index (χ1v) is 8.20. The van der Waals surface area contributed by atoms with E-state index in [1.54, 1.807) is 0 Å². The van der Waals surface area contributed by atoms with E-state index in [0.717, 1.165) is 18.9 Å². The normalized spacial score (nSPS) is 15.5. The highest BCUT2D eigenvalue weighted by Crippen LogP contribution is 2.27. The summed E-state index contributed by atoms with van der Waals surface area (Å²) in [5.74, 6) is -1.89. The molecule has 0 aromatic heterocycles. The van der Waals surface area contributed by atoms with Gasteiger partial charge in [0.15, 0.2) is 5.82 Å². The minimum Gasteiger partial charge on any atom is -0.313 e. The molecule has 1 aromatic rings. The lowest BCUT2D eigenvalue weighted by molar-refractivity contribution is 0.580. The summed E-state index contributed by atoms with van der Waals surface area (Å²) >= 11 is 2.93. The van der Waals surface area contributed by atoms with Crippen LogP contribution in [0.5, 0.6) is 0 Å². The van der Waals surface area contributed by atoms with Crippen LogP contribution >= 0.6 is 15.9 Å². The zero-order valence-electron chi connectivity index (χ0n) is 9.92. The average Bonchev–Trinajstić information content (AvgIpc) is 3.07. The number of rotatable bonds is 6. The summed E-state index contributed by atoms with van der Waals surface area (Å²) in [4.78, 5) is 0. The number of hydrogen-bond acceptors (Lipinski definition) is 3. The molecule has 1 fully saturated rings. The Kier molecular flexibility index (Phi) is 4.42. The maximum Gasteiger partial charge on any atom is 0.234 e. The highest BCUT2D eigenvalue weighted by molar-refractivity contribution is 9.10. The van der Waals surface area contributed by atoms with Crippen LogP contribution in [0.1, 0.15) is 12.8 Å². The lowest BCUT2D eigenvalue weighted by atomic mass is 10.3. The van der Waals surface area contributed by atoms with Gasteiger partial charge < -0.3 is 5.32 Å². The Hall–Kier alpha value is -0.730. The Morgan fingerprint density at radius 3 is 2.58 bits per heavy atom. The molecule has 2 rings (SSSR count). The molecule has 8 heteroatoms. The largest absolute Gasteiger partial charge is 0.313 e. The van der Waals surface area contributed by atoms with Crippen LogP contribution in [0.2, 0.25) is 0 Å². The predicted molar refractivity (Wildman–Crippen MR) is 72.5 cm³/mol. The van der Waals surface area contributed by atoms with E-state index in [1.807, 2.05) is 0 Å². The van der Waals surface area contributed by atoms with E-state index in [9.17, 15) is 17.2 Å². The van der Waals surface area contributed by atoms with Gasteiger partial charge >= 0.3 is 0 Å². The third-order valence-electron chi connectivity index (χ3n) is 2.65. The Balaban J connectivity index is 2.02. The van der Waals surface area contributed by atoms with E-state index in [2.05, 4.69) is 26.0 Å². The van der Waals surface area contributed by atoms with Crippen LogP contribution in [0.25, 0.3) is 0 Å². The third-order valence-corrected chi connectivity index (χ3v) is 4.53. The van der Waals surface area contributed by atoms with Crippen LogP contribution in [-0.4, -0.2) is 26.8 Å². The minimum absolute atomic E-state index is 0.0312. The van der Waals surface area contributed by atoms with E-state index >= 15 is 0 Å². The standard InChI is InChI=1S/C11H13BrF2N2O2S/c12-9-5-7(13)6-10(14)11(9)16-19(17,18)4-3-15-8-1-2-8/h5-6,8,15-16H,1-4H2. The van der Waals surface area contributed by atoms with Crippen LogP contribution in [0, 0.1) is 11.6 Å². The van der Waals surface area contributed by atoms with Crippen molar-refractivity contribution in [1.82, 2.24) is 5.32 Å². The van der Waals surface area contributed by atoms with Gasteiger partial charge in [0, 0.05) is 23.1 Å². The van der Waals surface area contributed by atoms with Gasteiger partial charge in [-0.05, 0) is 34.8 Å². The fraction of sp³-hybridized carbons (Fsp3) is 0.455. The maximum atomic E-state index is 13.5. The van der Waals surface area contributed by atoms with Crippen molar-refractivity contribution in [2.45, 2.75) is 18.9 Å². The highest BCUT2D eigenvalue weighted by Gasteiger charge is 2.22. The van der Waals surface area contributed by atoms with Crippen molar-refractivity contribution in [3.8, 4) is 0 Å². The second-order valence-electron chi connectivity index (χ2n) is 4.39. The number of anilines is 1. The molecule has 0 aliphatic heterocycles. The molecule has 0 spiro atoms. The van der Waals surface area contributed by atoms with Crippen molar-refractivity contribution >= 4 is 31.6 Å². The minimum atomic E-state index is -3.67. The van der Waals surface area contributed by atoms with Crippen molar-refractivity contribution < 1.29 is 17.2 Å². The quantitative estimate of drug-likeness (QED) is 0.823. The van der Waals surface area contributed by atoms with Crippen LogP contribution in [0.4, 0.5) is 14.5 Å². The Labute approximate surface area is 118 Å². The van der Waals surface area contributed by atoms with Gasteiger partial charge in [0.25, 0.3) is 0 Å². The van der Waals surface area contributed by atoms with Gasteiger partial charge in [-0.15, -0.1) is 0 Å². The van der Waals surface area contributed by atoms with E-state index in [0.29, 0.717) is 18.7 Å². The van der Waals surface area contributed by atoms with Crippen LogP contribution in [0.3, 0.4) is 0 Å². The molecule has 0 heterocycles. The van der Waals surface area contributed by atoms with Crippen molar-refractivity contribution in [3.63, 3.8) is 0 Å². The summed E-state index contributed by atoms with van der Waals surface area (Å²) in [6.45, 7) is 0.306. The summed E-state index contributed by atoms with van der Waals surface area (Å²) in [7, 11) is -3.67. The highest BCUT2D eigenvalue weighted by atomic mass is 79.9. The second-order valence-corrected chi connectivity index (χ2v) is 7.09. The molecule has 2 N–H and O–H groups in total. The summed E-state index contributed by atoms with van der Waals surface area (Å²) in [6, 6.07) is 2.04. The average molecular weight is 355 g/mol. The van der Waals surface area contributed by atoms with Gasteiger partial charge in [0.2, 0.25) is 10.0 Å². The van der Waals surface area contributed by atoms with Crippen molar-refractivity contribution in [1.29, 1.82) is 0 Å². The molecule has 1 saturated carbocycles. The number of halogens is 3. The van der Waals surface area contributed by atoms with Gasteiger partial charge in [-0.1, -0.05) is 0 Å². The van der Waals surface area contributed by atoms with Gasteiger partial charge in [-0.2, -0.15) is 0 Å². The summed E-state index contributed by atoms with van der Waals surface area (Å²) < 4.78 is 52.0. The number of nitrogens with one attached hydrogen (secondary N) is 2. The van der Waals surface area contributed by atoms with Crippen LogP contribution in [0.15, 0.2) is 16.6 Å². The molecule has 1 aliphatic carbocycles. The van der Waals surface area contributed by atoms with Gasteiger partial charge in [-0.25, -0.2) is 17.2 Å². The summed E-state index contributed by atoms with van der Waals surface area (Å²) in [5.41, 5.74) is -0.271. The zero-order chi connectivity index (χ0) is 14.0. The van der Waals surface area contributed by atoms with Crippen LogP contribution in [-0.2, 0) is 10.0 Å². The number of hydrogen-bond donors (Lipinski definition) is 2. The first-order valence-electron chi connectivity index (χ1n) is 5.76. The van der Waals surface area contributed by atoms with Crippen molar-refractivity contribution in [2.24, 2.45) is 0 Å². The maximum absolute atomic E-state index is 13.5. The lowest BCUT2D eigenvalue weighted by Crippen LogP contribution is -2.28. The molecule has 1 aliphatic rings. The number of benzene rings is 1. The molecule has 0 unspecified atom stereocenters. The van der Waals surface area contributed by atoms with Crippen LogP contribution < -0.4 is 10.0 Å². The van der Waals surface area contributed by atoms with E-state index < -0.39 is 21.7 Å². The Morgan fingerprint density at radius 2 is 2.00 bits per heavy atom. The Morgan fingerprint density at radius 1 is 1.32 bits per heavy atom. The van der Waals surface area contributed by atoms with E-state index in [4.69, 9.17) is 0 Å². The van der Waals surface area contributed by atoms with Gasteiger partial charge in [0.1, 0.15) is 5.82 Å². The fourth-order valence-corrected chi connectivity index (χ4v) is 3.18. The molecule has 4 nitrogen and oxygen atoms in total. The molecule has 106 valence electrons. The molecule has 0 amide bonds. The van der Waals surface area contributed by atoms with Gasteiger partial charge in [0.05, 0.1) is 11.4 Å². The summed E-state index contributed by atoms with van der Waals surface area (Å²) in [5, 5.41) is 3.05. The molecule has 19 heavy (non-hydrogen) atoms. The summed E-state index contributed by atoms with van der Waals surface area (Å²) in [6.07, 6.45) is 2.12. The first-order chi connectivity index (χ1) is 8.87. The molecular formula is C11H13BrF2N2O2S. The van der Waals surface area contributed by atoms with E-state index in [1.165, 1.54) is 0 Å². The second kappa shape index (κ2) is 5.72. The first kappa shape index (κ1) is 14.7. The fourth-order valence-electron chi connectivity index (χ4n) is 1.53. The Bertz CT molecular complexity index is 553. The predicted octanol–water partition coefficient (Wildman–Crippen LogP) is 2.22. The van der Waals surface area contributed by atoms with Crippen molar-refractivity contribution in [3.05, 3.63) is 28.2 Å². The lowest BCUT2D eigenvalue weighted by Gasteiger charge is -2.11. The third kappa shape index (κ3) is 4.39. The molecule has 0 atom stereocenters. The topological polar surface area (TPSA) is 58.2 Å². The zero-order valence-corrected chi connectivity index (χ0v) is 12.3. The van der Waals surface area contributed by atoms with Crippen molar-refractivity contribution in [2.75, 3.05) is 17.0 Å². The smallest absolute Gasteiger partial charge is 0.234 e. The molecule has 0 bridgehead atoms. The SMILES string of the molecule is O=S(=O)(CCNC1CC1)Nc1c(F)cc(F)cc1Br. The molecular weight excluding hydrogens is 342 g/mol. The monoisotopic (exact) mass is 354 g/mol. The van der Waals surface area contributed by atoms with Gasteiger partial charge in [-0.3, -0.25) is 4.72 Å². The number of sulfonamides is 1. The van der Waals surface area contributed by atoms with E-state index in [-0.39, 0.29) is 15.9 Å². The molecule has 0 saturated heterocycles.